The van der Waals surface area contributed by atoms with Gasteiger partial charge >= 0.3 is 0 Å². The molecular formula is C85H151NO13. The number of allylic oxidation sites excluding steroid dienone is 15. The molecule has 2 heterocycles. The molecule has 0 aromatic heterocycles. The van der Waals surface area contributed by atoms with Gasteiger partial charge in [0.2, 0.25) is 5.91 Å². The molecular weight excluding hydrogens is 1240 g/mol. The molecule has 12 atom stereocenters. The maximum atomic E-state index is 13.4. The lowest BCUT2D eigenvalue weighted by molar-refractivity contribution is -0.359. The summed E-state index contributed by atoms with van der Waals surface area (Å²) in [6.07, 6.45) is 80.5. The molecule has 0 aliphatic carbocycles. The molecule has 14 heteroatoms. The number of ether oxygens (including phenoxy) is 4. The molecule has 574 valence electrons. The van der Waals surface area contributed by atoms with Gasteiger partial charge in [-0.25, -0.2) is 0 Å². The van der Waals surface area contributed by atoms with Gasteiger partial charge in [0.1, 0.15) is 48.8 Å². The molecule has 2 rings (SSSR count). The first kappa shape index (κ1) is 92.0. The van der Waals surface area contributed by atoms with Crippen molar-refractivity contribution in [1.82, 2.24) is 5.32 Å². The minimum atomic E-state index is -1.79. The van der Waals surface area contributed by atoms with Crippen molar-refractivity contribution in [2.45, 2.75) is 415 Å². The van der Waals surface area contributed by atoms with E-state index in [-0.39, 0.29) is 18.9 Å². The number of carbonyl (C=O) groups is 1. The predicted octanol–water partition coefficient (Wildman–Crippen LogP) is 18.9. The second-order valence-corrected chi connectivity index (χ2v) is 28.5. The largest absolute Gasteiger partial charge is 0.394 e. The van der Waals surface area contributed by atoms with Gasteiger partial charge in [-0.1, -0.05) is 355 Å². The van der Waals surface area contributed by atoms with Crippen LogP contribution in [-0.2, 0) is 23.7 Å². The van der Waals surface area contributed by atoms with Crippen LogP contribution >= 0.6 is 0 Å². The van der Waals surface area contributed by atoms with E-state index in [1.54, 1.807) is 6.08 Å². The average molecular weight is 1400 g/mol. The number of amides is 1. The molecule has 9 N–H and O–H groups in total. The van der Waals surface area contributed by atoms with Crippen molar-refractivity contribution >= 4 is 5.91 Å². The Morgan fingerprint density at radius 3 is 1.07 bits per heavy atom. The Kier molecular flexibility index (Phi) is 63.2. The topological polar surface area (TPSA) is 228 Å². The van der Waals surface area contributed by atoms with E-state index in [0.29, 0.717) is 6.42 Å². The lowest BCUT2D eigenvalue weighted by Crippen LogP contribution is -2.65. The second kappa shape index (κ2) is 68.0. The van der Waals surface area contributed by atoms with Crippen LogP contribution in [-0.4, -0.2) is 140 Å². The van der Waals surface area contributed by atoms with Gasteiger partial charge in [-0.3, -0.25) is 4.79 Å². The van der Waals surface area contributed by atoms with Crippen LogP contribution in [0.25, 0.3) is 0 Å². The molecule has 0 saturated carbocycles. The van der Waals surface area contributed by atoms with Crippen molar-refractivity contribution in [3.63, 3.8) is 0 Å². The highest BCUT2D eigenvalue weighted by molar-refractivity contribution is 5.76. The van der Waals surface area contributed by atoms with Gasteiger partial charge in [0, 0.05) is 6.42 Å². The first-order valence-corrected chi connectivity index (χ1v) is 41.0. The van der Waals surface area contributed by atoms with Crippen LogP contribution in [0.2, 0.25) is 0 Å². The maximum absolute atomic E-state index is 13.4. The summed E-state index contributed by atoms with van der Waals surface area (Å²) in [7, 11) is 0. The molecule has 99 heavy (non-hydrogen) atoms. The molecule has 12 unspecified atom stereocenters. The fourth-order valence-electron chi connectivity index (χ4n) is 13.1. The number of aliphatic hydroxyl groups is 8. The van der Waals surface area contributed by atoms with Gasteiger partial charge in [0.25, 0.3) is 0 Å². The summed E-state index contributed by atoms with van der Waals surface area (Å²) in [5.41, 5.74) is 0. The normalized spacial score (nSPS) is 22.4. The summed E-state index contributed by atoms with van der Waals surface area (Å²) in [5.74, 6) is -0.242. The molecule has 2 aliphatic rings. The Morgan fingerprint density at radius 1 is 0.374 bits per heavy atom. The molecule has 2 aliphatic heterocycles. The van der Waals surface area contributed by atoms with Crippen molar-refractivity contribution < 1.29 is 64.6 Å². The first-order valence-electron chi connectivity index (χ1n) is 41.0. The molecule has 0 spiro atoms. The summed E-state index contributed by atoms with van der Waals surface area (Å²) in [6.45, 7) is 2.73. The molecule has 0 aromatic rings. The third-order valence-corrected chi connectivity index (χ3v) is 19.5. The Morgan fingerprint density at radius 2 is 0.697 bits per heavy atom. The van der Waals surface area contributed by atoms with Gasteiger partial charge in [-0.15, -0.1) is 0 Å². The van der Waals surface area contributed by atoms with Crippen LogP contribution in [0.5, 0.6) is 0 Å². The van der Waals surface area contributed by atoms with E-state index in [2.05, 4.69) is 104 Å². The SMILES string of the molecule is CC/C=C\C/C=C\C/C=C\C/C=C\C/C=C\C/C=C\C/C=C\CCCCCCCCCCCCCC(=O)NC(COC1OC(CO)C(OC2OC(CO)C(O)C(O)C2O)C(O)C1O)C(O)/C=C/CCCCCCCCCCCCCCCCCCCCCCCCCCCCCCCC. The number of rotatable bonds is 68. The minimum Gasteiger partial charge on any atom is -0.394 e. The predicted molar refractivity (Wildman–Crippen MR) is 410 cm³/mol. The van der Waals surface area contributed by atoms with E-state index in [9.17, 15) is 45.6 Å². The smallest absolute Gasteiger partial charge is 0.220 e. The number of nitrogens with one attached hydrogen (secondary N) is 1. The van der Waals surface area contributed by atoms with Crippen molar-refractivity contribution in [3.8, 4) is 0 Å². The standard InChI is InChI=1S/C85H151NO13/c1-3-5-7-9-11-13-15-17-19-21-23-25-27-29-31-33-35-37-39-41-43-45-47-49-51-53-55-57-59-61-63-65-67-69-77(90)86-73(72-96-84-82(95)80(93)83(76(71-88)98-84)99-85-81(94)79(92)78(91)75(70-87)97-85)74(89)68-66-64-62-60-58-56-54-52-50-48-46-44-42-40-38-36-34-32-30-28-26-24-22-20-18-16-14-12-10-8-6-4-2/h5,7,11,13,17,19,23,25,29,31,35,37,41,43,66,68,73-76,78-85,87-89,91-95H,3-4,6,8-10,12,14-16,18,20-22,24,26-28,30,32-34,36,38-40,42,44-65,67,69-72H2,1-2H3,(H,86,90)/b7-5-,13-11-,19-17-,25-23-,31-29-,37-35-,43-41-,68-66+. The first-order chi connectivity index (χ1) is 48.6. The highest BCUT2D eigenvalue weighted by atomic mass is 16.7. The van der Waals surface area contributed by atoms with Gasteiger partial charge < -0.3 is 65.1 Å². The Bertz CT molecular complexity index is 2040. The highest BCUT2D eigenvalue weighted by Gasteiger charge is 2.51. The second-order valence-electron chi connectivity index (χ2n) is 28.5. The van der Waals surface area contributed by atoms with E-state index >= 15 is 0 Å². The lowest BCUT2D eigenvalue weighted by Gasteiger charge is -2.46. The van der Waals surface area contributed by atoms with Gasteiger partial charge in [-0.05, 0) is 77.0 Å². The van der Waals surface area contributed by atoms with E-state index < -0.39 is 86.8 Å². The van der Waals surface area contributed by atoms with E-state index in [4.69, 9.17) is 18.9 Å². The van der Waals surface area contributed by atoms with Crippen LogP contribution in [0, 0.1) is 0 Å². The van der Waals surface area contributed by atoms with Crippen molar-refractivity contribution in [1.29, 1.82) is 0 Å². The molecule has 0 radical (unpaired) electrons. The zero-order valence-corrected chi connectivity index (χ0v) is 63.0. The van der Waals surface area contributed by atoms with E-state index in [1.807, 2.05) is 6.08 Å². The summed E-state index contributed by atoms with van der Waals surface area (Å²) >= 11 is 0. The highest BCUT2D eigenvalue weighted by Crippen LogP contribution is 2.30. The fourth-order valence-corrected chi connectivity index (χ4v) is 13.1. The van der Waals surface area contributed by atoms with Crippen LogP contribution in [0.3, 0.4) is 0 Å². The fraction of sp³-hybridized carbons (Fsp3) is 0.800. The maximum Gasteiger partial charge on any atom is 0.220 e. The number of hydrogen-bond acceptors (Lipinski definition) is 13. The van der Waals surface area contributed by atoms with Crippen molar-refractivity contribution in [2.24, 2.45) is 0 Å². The Hall–Kier alpha value is -3.09. The summed E-state index contributed by atoms with van der Waals surface area (Å²) in [5, 5.41) is 87.7. The Balaban J connectivity index is 1.62. The monoisotopic (exact) mass is 1390 g/mol. The summed E-state index contributed by atoms with van der Waals surface area (Å²) in [4.78, 5) is 13.4. The van der Waals surface area contributed by atoms with Gasteiger partial charge in [0.15, 0.2) is 12.6 Å². The van der Waals surface area contributed by atoms with Crippen LogP contribution < -0.4 is 5.32 Å². The molecule has 14 nitrogen and oxygen atoms in total. The molecule has 2 fully saturated rings. The zero-order chi connectivity index (χ0) is 71.5. The average Bonchev–Trinajstić information content (AvgIpc) is 0.793. The van der Waals surface area contributed by atoms with E-state index in [1.165, 1.54) is 225 Å². The molecule has 0 aromatic carbocycles. The van der Waals surface area contributed by atoms with Crippen molar-refractivity contribution in [3.05, 3.63) is 97.2 Å². The van der Waals surface area contributed by atoms with Gasteiger partial charge in [-0.2, -0.15) is 0 Å². The zero-order valence-electron chi connectivity index (χ0n) is 63.0. The molecule has 0 bridgehead atoms. The summed E-state index contributed by atoms with van der Waals surface area (Å²) in [6, 6.07) is -0.925. The lowest BCUT2D eigenvalue weighted by atomic mass is 9.97. The Labute approximate surface area is 604 Å². The number of unbranched alkanes of at least 4 members (excludes halogenated alkanes) is 41. The quantitative estimate of drug-likeness (QED) is 0.0204. The summed E-state index contributed by atoms with van der Waals surface area (Å²) < 4.78 is 22.9. The van der Waals surface area contributed by atoms with Crippen LogP contribution in [0.15, 0.2) is 97.2 Å². The third-order valence-electron chi connectivity index (χ3n) is 19.5. The number of hydrogen-bond donors (Lipinski definition) is 9. The molecule has 1 amide bonds. The third kappa shape index (κ3) is 50.9. The minimum absolute atomic E-state index is 0.242. The van der Waals surface area contributed by atoms with Gasteiger partial charge in [0.05, 0.1) is 32.0 Å². The number of carbonyl (C=O) groups excluding carboxylic acids is 1. The van der Waals surface area contributed by atoms with Crippen LogP contribution in [0.4, 0.5) is 0 Å². The van der Waals surface area contributed by atoms with Crippen LogP contribution in [0.1, 0.15) is 341 Å². The number of aliphatic hydroxyl groups excluding tert-OH is 8. The van der Waals surface area contributed by atoms with Crippen molar-refractivity contribution in [2.75, 3.05) is 19.8 Å². The molecule has 2 saturated heterocycles. The van der Waals surface area contributed by atoms with E-state index in [0.717, 1.165) is 89.9 Å².